The molecule has 0 N–H and O–H groups in total. The monoisotopic (exact) mass is 354 g/mol. The van der Waals surface area contributed by atoms with E-state index in [2.05, 4.69) is 32.1 Å². The van der Waals surface area contributed by atoms with Gasteiger partial charge in [0.15, 0.2) is 0 Å². The van der Waals surface area contributed by atoms with Crippen molar-refractivity contribution >= 4 is 5.78 Å². The first-order chi connectivity index (χ1) is 10.8. The Hall–Kier alpha value is -1.40. The first-order valence-corrected chi connectivity index (χ1v) is 6.52. The van der Waals surface area contributed by atoms with Crippen molar-refractivity contribution in [3.8, 4) is 0 Å². The molecule has 1 aliphatic rings. The van der Waals surface area contributed by atoms with Gasteiger partial charge in [0.05, 0.1) is 6.10 Å². The molecule has 0 saturated heterocycles. The van der Waals surface area contributed by atoms with E-state index in [1.807, 2.05) is 18.2 Å². The van der Waals surface area contributed by atoms with E-state index in [1.54, 1.807) is 7.11 Å². The maximum atomic E-state index is 11.5. The van der Waals surface area contributed by atoms with Crippen LogP contribution in [0.3, 0.4) is 0 Å². The number of benzene rings is 1. The van der Waals surface area contributed by atoms with Gasteiger partial charge in [-0.2, -0.15) is 0 Å². The molecule has 0 amide bonds. The molecule has 1 saturated carbocycles. The Morgan fingerprint density at radius 3 is 2.04 bits per heavy atom. The van der Waals surface area contributed by atoms with Gasteiger partial charge in [0.1, 0.15) is 5.78 Å². The van der Waals surface area contributed by atoms with E-state index < -0.39 is 0 Å². The maximum Gasteiger partial charge on any atom is 0 e. The molecule has 0 radical (unpaired) electrons. The van der Waals surface area contributed by atoms with Crippen LogP contribution in [0.5, 0.6) is 0 Å². The summed E-state index contributed by atoms with van der Waals surface area (Å²) < 4.78 is 28.1. The zero-order chi connectivity index (χ0) is 17.4. The predicted molar refractivity (Wildman–Crippen MR) is 74.9 cm³/mol. The Kier molecular flexibility index (Phi) is 21.5. The van der Waals surface area contributed by atoms with E-state index in [-0.39, 0.29) is 23.5 Å². The van der Waals surface area contributed by atoms with E-state index in [0.717, 1.165) is 19.3 Å². The number of carbonyl (C=O) groups is 1. The van der Waals surface area contributed by atoms with Gasteiger partial charge in [-0.15, -0.1) is 0 Å². The minimum atomic E-state index is 0. The number of hydrogen-bond acceptors (Lipinski definition) is 2. The van der Waals surface area contributed by atoms with Crippen LogP contribution in [0.4, 0.5) is 0 Å². The Morgan fingerprint density at radius 1 is 1.09 bits per heavy atom. The van der Waals surface area contributed by atoms with Crippen molar-refractivity contribution in [1.82, 2.24) is 0 Å². The molecule has 0 aromatic heterocycles. The van der Waals surface area contributed by atoms with Gasteiger partial charge >= 0.3 is 33.9 Å². The van der Waals surface area contributed by atoms with Gasteiger partial charge in [-0.05, 0) is 24.3 Å². The number of carbonyl (C=O) groups excluding carboxylic acids is 1. The Morgan fingerprint density at radius 2 is 1.61 bits per heavy atom. The van der Waals surface area contributed by atoms with Crippen molar-refractivity contribution in [3.05, 3.63) is 55.8 Å². The van der Waals surface area contributed by atoms with Crippen LogP contribution >= 0.6 is 0 Å². The van der Waals surface area contributed by atoms with Crippen molar-refractivity contribution in [2.24, 2.45) is 5.92 Å². The zero-order valence-corrected chi connectivity index (χ0v) is 14.1. The van der Waals surface area contributed by atoms with Gasteiger partial charge in [0, 0.05) is 37.3 Å². The van der Waals surface area contributed by atoms with Crippen LogP contribution in [0.2, 0.25) is 0 Å². The quantitative estimate of drug-likeness (QED) is 0.617. The molecule has 1 aromatic carbocycles. The second kappa shape index (κ2) is 18.7. The minimum Gasteiger partial charge on any atom is 0 e. The molecule has 0 bridgehead atoms. The van der Waals surface area contributed by atoms with Gasteiger partial charge in [-0.1, -0.05) is 30.3 Å². The third-order valence-corrected chi connectivity index (χ3v) is 3.33. The topological polar surface area (TPSA) is 86.0 Å². The average Bonchev–Trinajstić information content (AvgIpc) is 2.62. The number of hydrogen-bond donors (Lipinski definition) is 0. The largest absolute Gasteiger partial charge is 0 e. The fourth-order valence-electron chi connectivity index (χ4n) is 2.56. The molecular formula is C17H18CrO5. The average molecular weight is 354 g/mol. The summed E-state index contributed by atoms with van der Waals surface area (Å²) in [5, 5.41) is 0. The summed E-state index contributed by atoms with van der Waals surface area (Å²) in [7, 11) is 1.73. The van der Waals surface area contributed by atoms with E-state index in [9.17, 15) is 4.79 Å². The van der Waals surface area contributed by atoms with Crippen molar-refractivity contribution in [3.63, 3.8) is 0 Å². The van der Waals surface area contributed by atoms with Crippen LogP contribution in [-0.2, 0) is 40.8 Å². The fourth-order valence-corrected chi connectivity index (χ4v) is 2.56. The van der Waals surface area contributed by atoms with Crippen LogP contribution < -0.4 is 0 Å². The summed E-state index contributed by atoms with van der Waals surface area (Å²) in [5.41, 5.74) is 1.18. The molecule has 1 aromatic rings. The van der Waals surface area contributed by atoms with E-state index in [1.165, 1.54) is 5.56 Å². The van der Waals surface area contributed by atoms with Crippen molar-refractivity contribution in [2.75, 3.05) is 7.11 Å². The summed E-state index contributed by atoms with van der Waals surface area (Å²) in [6, 6.07) is 10.2. The molecule has 2 rings (SSSR count). The molecule has 5 nitrogen and oxygen atoms in total. The number of ketones is 1. The van der Waals surface area contributed by atoms with E-state index >= 15 is 0 Å². The standard InChI is InChI=1S/C14H18O2.3CO.Cr/c1-16-14(11-6-3-2-4-7-11)12-8-5-9-13(15)10-12;3*1-2;/h2-4,6-7,12,14H,5,8-10H2,1H3;;;;/t12?,14-;;;;/m0..../s1. The molecule has 2 atom stereocenters. The smallest absolute Gasteiger partial charge is 0 e. The van der Waals surface area contributed by atoms with Gasteiger partial charge < -0.3 is 4.74 Å². The molecule has 1 fully saturated rings. The molecule has 6 heteroatoms. The molecule has 0 spiro atoms. The molecular weight excluding hydrogens is 336 g/mol. The third-order valence-electron chi connectivity index (χ3n) is 3.33. The second-order valence-corrected chi connectivity index (χ2v) is 4.46. The number of methoxy groups -OCH3 is 1. The van der Waals surface area contributed by atoms with Crippen LogP contribution in [0.1, 0.15) is 37.4 Å². The third kappa shape index (κ3) is 10.1. The molecule has 122 valence electrons. The molecule has 23 heavy (non-hydrogen) atoms. The van der Waals surface area contributed by atoms with Crippen LogP contribution in [0.15, 0.2) is 30.3 Å². The van der Waals surface area contributed by atoms with Crippen molar-refractivity contribution in [2.45, 2.75) is 31.8 Å². The van der Waals surface area contributed by atoms with Crippen LogP contribution in [0, 0.1) is 25.9 Å². The Balaban J connectivity index is -0.000000514. The first-order valence-electron chi connectivity index (χ1n) is 6.52. The number of rotatable bonds is 3. The number of ether oxygens (including phenoxy) is 1. The van der Waals surface area contributed by atoms with Crippen molar-refractivity contribution in [1.29, 1.82) is 0 Å². The maximum absolute atomic E-state index is 11.5. The normalized spacial score (nSPS) is 16.3. The fraction of sp³-hybridized carbons (Fsp3) is 0.412. The van der Waals surface area contributed by atoms with Crippen LogP contribution in [0.25, 0.3) is 0 Å². The summed E-state index contributed by atoms with van der Waals surface area (Å²) >= 11 is 0. The molecule has 1 unspecified atom stereocenters. The van der Waals surface area contributed by atoms with Gasteiger partial charge in [0.25, 0.3) is 0 Å². The summed E-state index contributed by atoms with van der Waals surface area (Å²) in [5.74, 6) is 0.739. The summed E-state index contributed by atoms with van der Waals surface area (Å²) in [6.45, 7) is 13.5. The Labute approximate surface area is 147 Å². The second-order valence-electron chi connectivity index (χ2n) is 4.46. The number of Topliss-reactive ketones (excluding diaryl/α,β-unsaturated/α-hetero) is 1. The minimum absolute atomic E-state index is 0. The van der Waals surface area contributed by atoms with Gasteiger partial charge in [0.2, 0.25) is 0 Å². The van der Waals surface area contributed by atoms with E-state index in [0.29, 0.717) is 18.1 Å². The Bertz CT molecular complexity index is 453. The first kappa shape index (κ1) is 26.5. The molecule has 0 aliphatic heterocycles. The van der Waals surface area contributed by atoms with Crippen LogP contribution in [-0.4, -0.2) is 12.9 Å². The SMILES string of the molecule is CO[C@@H](c1ccccc1)C1CCCC(=O)C1.[C-]#[O+].[C-]#[O+].[C-]#[O+].[Cr]. The zero-order valence-electron chi connectivity index (χ0n) is 12.8. The molecule has 0 heterocycles. The van der Waals surface area contributed by atoms with Gasteiger partial charge in [-0.25, -0.2) is 0 Å². The van der Waals surface area contributed by atoms with Crippen molar-refractivity contribution < 1.29 is 40.8 Å². The molecule has 1 aliphatic carbocycles. The summed E-state index contributed by atoms with van der Waals surface area (Å²) in [6.07, 6.45) is 3.61. The predicted octanol–water partition coefficient (Wildman–Crippen LogP) is 3.02. The van der Waals surface area contributed by atoms with E-state index in [4.69, 9.17) is 18.7 Å². The summed E-state index contributed by atoms with van der Waals surface area (Å²) in [4.78, 5) is 11.5. The van der Waals surface area contributed by atoms with Gasteiger partial charge in [-0.3, -0.25) is 4.79 Å².